The first-order valence-electron chi connectivity index (χ1n) is 5.17. The zero-order valence-electron chi connectivity index (χ0n) is 8.33. The molecule has 0 amide bonds. The van der Waals surface area contributed by atoms with Gasteiger partial charge in [0.2, 0.25) is 0 Å². The third kappa shape index (κ3) is 2.47. The second kappa shape index (κ2) is 4.30. The third-order valence-electron chi connectivity index (χ3n) is 2.64. The van der Waals surface area contributed by atoms with Crippen molar-refractivity contribution in [3.63, 3.8) is 0 Å². The summed E-state index contributed by atoms with van der Waals surface area (Å²) in [5.41, 5.74) is 0. The van der Waals surface area contributed by atoms with E-state index in [1.54, 1.807) is 0 Å². The Balaban J connectivity index is 1.84. The molecule has 1 saturated carbocycles. The maximum atomic E-state index is 4.30. The van der Waals surface area contributed by atoms with Crippen molar-refractivity contribution >= 4 is 21.7 Å². The van der Waals surface area contributed by atoms with Crippen LogP contribution in [0, 0.1) is 5.92 Å². The first-order chi connectivity index (χ1) is 6.79. The van der Waals surface area contributed by atoms with Gasteiger partial charge in [-0.25, -0.2) is 4.98 Å². The Labute approximate surface area is 93.3 Å². The van der Waals surface area contributed by atoms with E-state index >= 15 is 0 Å². The van der Waals surface area contributed by atoms with Crippen molar-refractivity contribution in [2.75, 3.05) is 5.32 Å². The average molecular weight is 255 g/mol. The monoisotopic (exact) mass is 254 g/mol. The number of rotatable bonds is 4. The van der Waals surface area contributed by atoms with E-state index in [-0.39, 0.29) is 0 Å². The number of hydrogen-bond acceptors (Lipinski definition) is 2. The molecule has 1 heterocycles. The van der Waals surface area contributed by atoms with E-state index in [2.05, 4.69) is 33.2 Å². The normalized spacial score (nSPS) is 24.7. The Hall–Kier alpha value is -0.570. The van der Waals surface area contributed by atoms with Gasteiger partial charge in [0.15, 0.2) is 0 Å². The number of anilines is 1. The summed E-state index contributed by atoms with van der Waals surface area (Å²) < 4.78 is 1.03. The van der Waals surface area contributed by atoms with Crippen LogP contribution in [-0.2, 0) is 0 Å². The van der Waals surface area contributed by atoms with E-state index in [1.807, 2.05) is 18.3 Å². The largest absolute Gasteiger partial charge is 0.367 e. The van der Waals surface area contributed by atoms with Crippen molar-refractivity contribution in [1.29, 1.82) is 0 Å². The van der Waals surface area contributed by atoms with E-state index in [0.29, 0.717) is 6.04 Å². The minimum atomic E-state index is 0.670. The maximum Gasteiger partial charge on any atom is 0.126 e. The van der Waals surface area contributed by atoms with Crippen LogP contribution < -0.4 is 5.32 Å². The predicted molar refractivity (Wildman–Crippen MR) is 62.4 cm³/mol. The lowest BCUT2D eigenvalue weighted by molar-refractivity contribution is 0.692. The Morgan fingerprint density at radius 3 is 3.07 bits per heavy atom. The summed E-state index contributed by atoms with van der Waals surface area (Å²) in [4.78, 5) is 4.30. The molecule has 1 fully saturated rings. The summed E-state index contributed by atoms with van der Waals surface area (Å²) in [6.07, 6.45) is 5.77. The lowest BCUT2D eigenvalue weighted by Gasteiger charge is -2.03. The van der Waals surface area contributed by atoms with E-state index in [9.17, 15) is 0 Å². The summed E-state index contributed by atoms with van der Waals surface area (Å²) in [5.74, 6) is 1.88. The molecule has 1 aromatic heterocycles. The van der Waals surface area contributed by atoms with Crippen LogP contribution >= 0.6 is 15.9 Å². The third-order valence-corrected chi connectivity index (χ3v) is 3.11. The number of pyridine rings is 1. The lowest BCUT2D eigenvalue weighted by atomic mass is 10.2. The minimum Gasteiger partial charge on any atom is -0.367 e. The highest BCUT2D eigenvalue weighted by atomic mass is 79.9. The van der Waals surface area contributed by atoms with E-state index in [0.717, 1.165) is 16.2 Å². The van der Waals surface area contributed by atoms with Gasteiger partial charge >= 0.3 is 0 Å². The van der Waals surface area contributed by atoms with Crippen LogP contribution in [0.15, 0.2) is 22.8 Å². The van der Waals surface area contributed by atoms with Crippen LogP contribution in [0.1, 0.15) is 26.2 Å². The van der Waals surface area contributed by atoms with E-state index in [4.69, 9.17) is 0 Å². The van der Waals surface area contributed by atoms with Gasteiger partial charge in [0.25, 0.3) is 0 Å². The quantitative estimate of drug-likeness (QED) is 0.891. The van der Waals surface area contributed by atoms with Gasteiger partial charge in [0.1, 0.15) is 5.82 Å². The number of aromatic nitrogens is 1. The average Bonchev–Trinajstić information content (AvgIpc) is 2.89. The van der Waals surface area contributed by atoms with Gasteiger partial charge in [-0.1, -0.05) is 13.3 Å². The van der Waals surface area contributed by atoms with Gasteiger partial charge < -0.3 is 5.32 Å². The van der Waals surface area contributed by atoms with Gasteiger partial charge in [0.05, 0.1) is 0 Å². The molecule has 1 aliphatic carbocycles. The smallest absolute Gasteiger partial charge is 0.126 e. The Kier molecular flexibility index (Phi) is 3.06. The zero-order valence-corrected chi connectivity index (χ0v) is 9.92. The summed E-state index contributed by atoms with van der Waals surface area (Å²) in [6, 6.07) is 4.71. The standard InChI is InChI=1S/C11H15BrN2/c1-2-3-8-6-10(8)14-11-5-4-9(12)7-13-11/h4-5,7-8,10H,2-3,6H2,1H3,(H,13,14). The van der Waals surface area contributed by atoms with Gasteiger partial charge in [-0.05, 0) is 46.8 Å². The molecule has 1 N–H and O–H groups in total. The van der Waals surface area contributed by atoms with Crippen molar-refractivity contribution in [1.82, 2.24) is 4.98 Å². The molecular formula is C11H15BrN2. The fourth-order valence-electron chi connectivity index (χ4n) is 1.77. The molecular weight excluding hydrogens is 240 g/mol. The zero-order chi connectivity index (χ0) is 9.97. The molecule has 1 aliphatic rings. The molecule has 1 aromatic rings. The van der Waals surface area contributed by atoms with Crippen LogP contribution in [0.4, 0.5) is 5.82 Å². The molecule has 0 aromatic carbocycles. The highest BCUT2D eigenvalue weighted by Crippen LogP contribution is 2.36. The van der Waals surface area contributed by atoms with Crippen LogP contribution in [-0.4, -0.2) is 11.0 Å². The lowest BCUT2D eigenvalue weighted by Crippen LogP contribution is -2.05. The topological polar surface area (TPSA) is 24.9 Å². The minimum absolute atomic E-state index is 0.670. The van der Waals surface area contributed by atoms with Crippen molar-refractivity contribution < 1.29 is 0 Å². The van der Waals surface area contributed by atoms with Gasteiger partial charge in [-0.3, -0.25) is 0 Å². The molecule has 2 unspecified atom stereocenters. The molecule has 3 heteroatoms. The van der Waals surface area contributed by atoms with Crippen LogP contribution in [0.3, 0.4) is 0 Å². The van der Waals surface area contributed by atoms with E-state index in [1.165, 1.54) is 19.3 Å². The van der Waals surface area contributed by atoms with Crippen molar-refractivity contribution in [2.45, 2.75) is 32.2 Å². The molecule has 0 bridgehead atoms. The molecule has 76 valence electrons. The number of hydrogen-bond donors (Lipinski definition) is 1. The summed E-state index contributed by atoms with van der Waals surface area (Å²) >= 11 is 3.37. The first kappa shape index (κ1) is 9.97. The van der Waals surface area contributed by atoms with Gasteiger partial charge in [0, 0.05) is 16.7 Å². The summed E-state index contributed by atoms with van der Waals surface area (Å²) in [7, 11) is 0. The molecule has 0 radical (unpaired) electrons. The molecule has 2 rings (SSSR count). The second-order valence-electron chi connectivity index (χ2n) is 3.90. The highest BCUT2D eigenvalue weighted by Gasteiger charge is 2.35. The molecule has 0 aliphatic heterocycles. The fourth-order valence-corrected chi connectivity index (χ4v) is 2.00. The van der Waals surface area contributed by atoms with Crippen molar-refractivity contribution in [3.8, 4) is 0 Å². The number of nitrogens with zero attached hydrogens (tertiary/aromatic N) is 1. The Bertz CT molecular complexity index is 297. The maximum absolute atomic E-state index is 4.30. The molecule has 0 saturated heterocycles. The second-order valence-corrected chi connectivity index (χ2v) is 4.81. The summed E-state index contributed by atoms with van der Waals surface area (Å²) in [5, 5.41) is 3.45. The van der Waals surface area contributed by atoms with Gasteiger partial charge in [-0.15, -0.1) is 0 Å². The van der Waals surface area contributed by atoms with Crippen LogP contribution in [0.5, 0.6) is 0 Å². The van der Waals surface area contributed by atoms with E-state index < -0.39 is 0 Å². The molecule has 2 nitrogen and oxygen atoms in total. The molecule has 14 heavy (non-hydrogen) atoms. The fraction of sp³-hybridized carbons (Fsp3) is 0.545. The number of halogens is 1. The SMILES string of the molecule is CCCC1CC1Nc1ccc(Br)cn1. The van der Waals surface area contributed by atoms with Crippen LogP contribution in [0.2, 0.25) is 0 Å². The van der Waals surface area contributed by atoms with Crippen molar-refractivity contribution in [2.24, 2.45) is 5.92 Å². The number of nitrogens with one attached hydrogen (secondary N) is 1. The highest BCUT2D eigenvalue weighted by molar-refractivity contribution is 9.10. The first-order valence-corrected chi connectivity index (χ1v) is 5.97. The summed E-state index contributed by atoms with van der Waals surface area (Å²) in [6.45, 7) is 2.24. The Morgan fingerprint density at radius 2 is 2.43 bits per heavy atom. The Morgan fingerprint density at radius 1 is 1.57 bits per heavy atom. The molecule has 2 atom stereocenters. The van der Waals surface area contributed by atoms with Crippen LogP contribution in [0.25, 0.3) is 0 Å². The predicted octanol–water partition coefficient (Wildman–Crippen LogP) is 3.44. The van der Waals surface area contributed by atoms with Gasteiger partial charge in [-0.2, -0.15) is 0 Å². The molecule has 0 spiro atoms. The van der Waals surface area contributed by atoms with Crippen molar-refractivity contribution in [3.05, 3.63) is 22.8 Å².